The van der Waals surface area contributed by atoms with Gasteiger partial charge in [0.15, 0.2) is 0 Å². The highest BCUT2D eigenvalue weighted by molar-refractivity contribution is 5.61. The van der Waals surface area contributed by atoms with Crippen LogP contribution in [0.3, 0.4) is 0 Å². The normalized spacial score (nSPS) is 27.3. The Morgan fingerprint density at radius 1 is 1.36 bits per heavy atom. The molecule has 0 amide bonds. The minimum Gasteiger partial charge on any atom is -0.381 e. The molecule has 1 aliphatic carbocycles. The number of aromatic nitrogens is 1. The fraction of sp³-hybridized carbons (Fsp3) is 0.688. The molecule has 118 valence electrons. The second-order valence-corrected chi connectivity index (χ2v) is 6.84. The number of nitro groups is 1. The Balaban J connectivity index is 1.65. The van der Waals surface area contributed by atoms with Crippen molar-refractivity contribution in [1.82, 2.24) is 4.98 Å². The van der Waals surface area contributed by atoms with E-state index in [2.05, 4.69) is 9.88 Å². The molecule has 6 nitrogen and oxygen atoms in total. The lowest BCUT2D eigenvalue weighted by molar-refractivity contribution is -0.384. The van der Waals surface area contributed by atoms with Crippen LogP contribution in [-0.4, -0.2) is 35.7 Å². The van der Waals surface area contributed by atoms with Crippen molar-refractivity contribution in [2.45, 2.75) is 38.1 Å². The Kier molecular flexibility index (Phi) is 3.29. The van der Waals surface area contributed by atoms with Crippen LogP contribution in [0.25, 0.3) is 0 Å². The lowest BCUT2D eigenvalue weighted by Crippen LogP contribution is -2.70. The van der Waals surface area contributed by atoms with Gasteiger partial charge in [-0.1, -0.05) is 6.42 Å². The van der Waals surface area contributed by atoms with E-state index in [1.165, 1.54) is 19.3 Å². The summed E-state index contributed by atoms with van der Waals surface area (Å²) in [5.41, 5.74) is 0.515. The Hall–Kier alpha value is -1.69. The minimum absolute atomic E-state index is 0.133. The van der Waals surface area contributed by atoms with Gasteiger partial charge >= 0.3 is 5.69 Å². The molecule has 3 heterocycles. The van der Waals surface area contributed by atoms with Gasteiger partial charge in [0.25, 0.3) is 0 Å². The maximum atomic E-state index is 11.3. The van der Waals surface area contributed by atoms with E-state index in [0.29, 0.717) is 23.2 Å². The molecule has 1 saturated carbocycles. The van der Waals surface area contributed by atoms with E-state index in [0.717, 1.165) is 32.6 Å². The van der Waals surface area contributed by atoms with Crippen molar-refractivity contribution in [2.75, 3.05) is 24.7 Å². The van der Waals surface area contributed by atoms with Crippen LogP contribution in [0.15, 0.2) is 18.3 Å². The molecule has 2 saturated heterocycles. The summed E-state index contributed by atoms with van der Waals surface area (Å²) in [6.07, 6.45) is 7.58. The van der Waals surface area contributed by atoms with Gasteiger partial charge in [-0.2, -0.15) is 0 Å². The Morgan fingerprint density at radius 3 is 2.77 bits per heavy atom. The van der Waals surface area contributed by atoms with Gasteiger partial charge in [-0.3, -0.25) is 10.1 Å². The number of nitrogens with zero attached hydrogens (tertiary/aromatic N) is 3. The van der Waals surface area contributed by atoms with E-state index >= 15 is 0 Å². The van der Waals surface area contributed by atoms with Gasteiger partial charge in [0.05, 0.1) is 4.92 Å². The highest BCUT2D eigenvalue weighted by Crippen LogP contribution is 2.58. The van der Waals surface area contributed by atoms with E-state index in [1.54, 1.807) is 18.3 Å². The zero-order valence-corrected chi connectivity index (χ0v) is 12.6. The number of hydrogen-bond donors (Lipinski definition) is 0. The average molecular weight is 303 g/mol. The maximum absolute atomic E-state index is 11.3. The van der Waals surface area contributed by atoms with Crippen molar-refractivity contribution < 1.29 is 9.66 Å². The Morgan fingerprint density at radius 2 is 2.14 bits per heavy atom. The highest BCUT2D eigenvalue weighted by Gasteiger charge is 2.59. The first-order chi connectivity index (χ1) is 10.7. The second kappa shape index (κ2) is 5.19. The molecule has 1 aromatic heterocycles. The SMILES string of the molecule is O=[N+]([O-])c1cccnc1N1CC2(CCC2)C1C1CCOCC1. The van der Waals surface area contributed by atoms with E-state index in [4.69, 9.17) is 4.74 Å². The van der Waals surface area contributed by atoms with Crippen LogP contribution in [0.5, 0.6) is 0 Å². The smallest absolute Gasteiger partial charge is 0.311 e. The second-order valence-electron chi connectivity index (χ2n) is 6.84. The standard InChI is InChI=1S/C16H21N3O3/c20-19(21)13-3-1-8-17-15(13)18-11-16(6-2-7-16)14(18)12-4-9-22-10-5-12/h1,3,8,12,14H,2,4-7,9-11H2. The van der Waals surface area contributed by atoms with Crippen molar-refractivity contribution in [1.29, 1.82) is 0 Å². The van der Waals surface area contributed by atoms with Crippen molar-refractivity contribution in [2.24, 2.45) is 11.3 Å². The molecule has 1 unspecified atom stereocenters. The molecular weight excluding hydrogens is 282 g/mol. The monoisotopic (exact) mass is 303 g/mol. The molecule has 0 bridgehead atoms. The first-order valence-electron chi connectivity index (χ1n) is 8.15. The van der Waals surface area contributed by atoms with Gasteiger partial charge in [-0.05, 0) is 37.7 Å². The first-order valence-corrected chi connectivity index (χ1v) is 8.15. The molecule has 1 aromatic rings. The summed E-state index contributed by atoms with van der Waals surface area (Å²) in [6.45, 7) is 2.55. The molecule has 6 heteroatoms. The zero-order valence-electron chi connectivity index (χ0n) is 12.6. The zero-order chi connectivity index (χ0) is 15.2. The van der Waals surface area contributed by atoms with Crippen molar-refractivity contribution >= 4 is 11.5 Å². The van der Waals surface area contributed by atoms with Gasteiger partial charge in [0, 0.05) is 43.5 Å². The summed E-state index contributed by atoms with van der Waals surface area (Å²) in [5, 5.41) is 11.3. The van der Waals surface area contributed by atoms with Crippen LogP contribution in [-0.2, 0) is 4.74 Å². The molecule has 3 aliphatic rings. The van der Waals surface area contributed by atoms with E-state index in [-0.39, 0.29) is 10.6 Å². The van der Waals surface area contributed by atoms with Crippen molar-refractivity contribution in [3.63, 3.8) is 0 Å². The Bertz CT molecular complexity index is 582. The number of anilines is 1. The number of rotatable bonds is 3. The summed E-state index contributed by atoms with van der Waals surface area (Å²) >= 11 is 0. The fourth-order valence-corrected chi connectivity index (χ4v) is 4.58. The van der Waals surface area contributed by atoms with Crippen LogP contribution in [0.1, 0.15) is 32.1 Å². The molecular formula is C16H21N3O3. The van der Waals surface area contributed by atoms with Gasteiger partial charge in [-0.25, -0.2) is 4.98 Å². The topological polar surface area (TPSA) is 68.5 Å². The number of hydrogen-bond acceptors (Lipinski definition) is 5. The summed E-state index contributed by atoms with van der Waals surface area (Å²) in [4.78, 5) is 17.5. The van der Waals surface area contributed by atoms with Gasteiger partial charge < -0.3 is 9.64 Å². The fourth-order valence-electron chi connectivity index (χ4n) is 4.58. The van der Waals surface area contributed by atoms with Crippen LogP contribution >= 0.6 is 0 Å². The first kappa shape index (κ1) is 13.9. The predicted octanol–water partition coefficient (Wildman–Crippen LogP) is 2.78. The highest BCUT2D eigenvalue weighted by atomic mass is 16.6. The third kappa shape index (κ3) is 2.00. The van der Waals surface area contributed by atoms with E-state index in [9.17, 15) is 10.1 Å². The van der Waals surface area contributed by atoms with Gasteiger partial charge in [-0.15, -0.1) is 0 Å². The third-order valence-corrected chi connectivity index (χ3v) is 5.75. The summed E-state index contributed by atoms with van der Waals surface area (Å²) in [7, 11) is 0. The van der Waals surface area contributed by atoms with Gasteiger partial charge in [0.2, 0.25) is 5.82 Å². The number of pyridine rings is 1. The van der Waals surface area contributed by atoms with Crippen molar-refractivity contribution in [3.05, 3.63) is 28.4 Å². The van der Waals surface area contributed by atoms with Crippen molar-refractivity contribution in [3.8, 4) is 0 Å². The third-order valence-electron chi connectivity index (χ3n) is 5.75. The van der Waals surface area contributed by atoms with Crippen LogP contribution in [0.2, 0.25) is 0 Å². The minimum atomic E-state index is -0.310. The lowest BCUT2D eigenvalue weighted by atomic mass is 9.54. The molecule has 0 aromatic carbocycles. The summed E-state index contributed by atoms with van der Waals surface area (Å²) in [6, 6.07) is 3.61. The quantitative estimate of drug-likeness (QED) is 0.634. The van der Waals surface area contributed by atoms with E-state index in [1.807, 2.05) is 0 Å². The molecule has 0 N–H and O–H groups in total. The van der Waals surface area contributed by atoms with E-state index < -0.39 is 0 Å². The molecule has 2 aliphatic heterocycles. The van der Waals surface area contributed by atoms with Crippen LogP contribution in [0.4, 0.5) is 11.5 Å². The van der Waals surface area contributed by atoms with Crippen LogP contribution < -0.4 is 4.90 Å². The molecule has 1 spiro atoms. The summed E-state index contributed by atoms with van der Waals surface area (Å²) < 4.78 is 5.50. The molecule has 0 radical (unpaired) electrons. The number of ether oxygens (including phenoxy) is 1. The summed E-state index contributed by atoms with van der Waals surface area (Å²) in [5.74, 6) is 1.13. The Labute approximate surface area is 129 Å². The lowest BCUT2D eigenvalue weighted by Gasteiger charge is -2.65. The molecule has 1 atom stereocenters. The largest absolute Gasteiger partial charge is 0.381 e. The predicted molar refractivity (Wildman–Crippen MR) is 81.9 cm³/mol. The molecule has 3 fully saturated rings. The molecule has 22 heavy (non-hydrogen) atoms. The van der Waals surface area contributed by atoms with Crippen LogP contribution in [0, 0.1) is 21.4 Å². The average Bonchev–Trinajstić information content (AvgIpc) is 2.46. The maximum Gasteiger partial charge on any atom is 0.311 e. The molecule has 4 rings (SSSR count). The van der Waals surface area contributed by atoms with Gasteiger partial charge in [0.1, 0.15) is 0 Å².